The molecule has 0 atom stereocenters. The second-order valence-electron chi connectivity index (χ2n) is 16.1. The van der Waals surface area contributed by atoms with Crippen molar-refractivity contribution in [3.8, 4) is 45.0 Å². The number of hydrogen-bond donors (Lipinski definition) is 0. The number of nitrogens with zero attached hydrogens (tertiary/aromatic N) is 4. The first-order valence-corrected chi connectivity index (χ1v) is 20.8. The number of para-hydroxylation sites is 4. The van der Waals surface area contributed by atoms with Gasteiger partial charge >= 0.3 is 0 Å². The van der Waals surface area contributed by atoms with Crippen LogP contribution in [0.2, 0.25) is 0 Å². The molecule has 0 bridgehead atoms. The summed E-state index contributed by atoms with van der Waals surface area (Å²) in [5, 5.41) is 7.33. The van der Waals surface area contributed by atoms with Gasteiger partial charge in [0, 0.05) is 54.8 Å². The summed E-state index contributed by atoms with van der Waals surface area (Å²) in [7, 11) is 0. The maximum Gasteiger partial charge on any atom is 0.0709 e. The van der Waals surface area contributed by atoms with Gasteiger partial charge in [-0.1, -0.05) is 97.1 Å². The van der Waals surface area contributed by atoms with Crippen LogP contribution in [0.4, 0.5) is 0 Å². The molecular formula is C56H36N4. The maximum absolute atomic E-state index is 5.08. The van der Waals surface area contributed by atoms with Gasteiger partial charge in [0.05, 0.1) is 44.5 Å². The molecule has 0 N–H and O–H groups in total. The van der Waals surface area contributed by atoms with Gasteiger partial charge in [0.25, 0.3) is 0 Å². The molecule has 0 saturated carbocycles. The van der Waals surface area contributed by atoms with E-state index in [9.17, 15) is 0 Å². The summed E-state index contributed by atoms with van der Waals surface area (Å²) in [6.07, 6.45) is 1.97. The molecule has 1 aliphatic carbocycles. The molecule has 4 nitrogen and oxygen atoms in total. The van der Waals surface area contributed by atoms with E-state index in [4.69, 9.17) is 9.97 Å². The highest BCUT2D eigenvalue weighted by atomic mass is 15.0. The van der Waals surface area contributed by atoms with Gasteiger partial charge in [0.2, 0.25) is 0 Å². The van der Waals surface area contributed by atoms with Crippen LogP contribution in [-0.2, 0) is 12.8 Å². The van der Waals surface area contributed by atoms with E-state index in [0.29, 0.717) is 0 Å². The fourth-order valence-corrected chi connectivity index (χ4v) is 9.89. The minimum Gasteiger partial charge on any atom is -0.309 e. The van der Waals surface area contributed by atoms with Crippen molar-refractivity contribution in [2.24, 2.45) is 0 Å². The zero-order valence-corrected chi connectivity index (χ0v) is 32.7. The van der Waals surface area contributed by atoms with E-state index >= 15 is 0 Å². The van der Waals surface area contributed by atoms with Crippen LogP contribution in [-0.4, -0.2) is 19.1 Å². The standard InChI is InChI=1S/C56H36N4/c1-3-13-41(14-4-1)59-53-27-23-39(51-25-21-35-11-7-9-17-49(35)57-51)31-45(53)47-29-37-19-20-38-30-48-46-32-40(52-26-22-36-12-8-10-18-50(36)58-52)24-28-54(46)60(42-15-5-2-6-16-42)56(48)34-44(38)43(37)33-55(47)59/h1-18,21-34H,19-20H2. The fraction of sp³-hybridized carbons (Fsp3) is 0.0357. The molecule has 8 aromatic carbocycles. The lowest BCUT2D eigenvalue weighted by Crippen LogP contribution is -2.05. The Labute approximate surface area is 346 Å². The second kappa shape index (κ2) is 12.8. The van der Waals surface area contributed by atoms with Gasteiger partial charge in [0.1, 0.15) is 0 Å². The van der Waals surface area contributed by atoms with Crippen LogP contribution in [0, 0.1) is 0 Å². The van der Waals surface area contributed by atoms with Crippen molar-refractivity contribution in [2.45, 2.75) is 12.8 Å². The predicted octanol–water partition coefficient (Wildman–Crippen LogP) is 14.1. The average Bonchev–Trinajstić information content (AvgIpc) is 3.81. The topological polar surface area (TPSA) is 35.6 Å². The van der Waals surface area contributed by atoms with Crippen molar-refractivity contribution in [1.29, 1.82) is 0 Å². The zero-order valence-electron chi connectivity index (χ0n) is 32.7. The highest BCUT2D eigenvalue weighted by Gasteiger charge is 2.24. The highest BCUT2D eigenvalue weighted by molar-refractivity contribution is 6.14. The quantitative estimate of drug-likeness (QED) is 0.179. The summed E-state index contributed by atoms with van der Waals surface area (Å²) in [6, 6.07) is 70.5. The van der Waals surface area contributed by atoms with E-state index in [2.05, 4.69) is 203 Å². The summed E-state index contributed by atoms with van der Waals surface area (Å²) < 4.78 is 4.89. The van der Waals surface area contributed by atoms with Crippen LogP contribution in [0.3, 0.4) is 0 Å². The molecule has 60 heavy (non-hydrogen) atoms. The number of pyridine rings is 2. The van der Waals surface area contributed by atoms with E-state index in [1.165, 1.54) is 65.9 Å². The van der Waals surface area contributed by atoms with Crippen molar-refractivity contribution >= 4 is 65.4 Å². The smallest absolute Gasteiger partial charge is 0.0709 e. The van der Waals surface area contributed by atoms with Crippen LogP contribution < -0.4 is 0 Å². The second-order valence-corrected chi connectivity index (χ2v) is 16.1. The Morgan fingerprint density at radius 1 is 0.333 bits per heavy atom. The molecule has 4 aromatic heterocycles. The van der Waals surface area contributed by atoms with E-state index in [0.717, 1.165) is 68.5 Å². The molecular weight excluding hydrogens is 729 g/mol. The van der Waals surface area contributed by atoms with Crippen LogP contribution >= 0.6 is 0 Å². The van der Waals surface area contributed by atoms with Crippen LogP contribution in [0.25, 0.3) is 110 Å². The van der Waals surface area contributed by atoms with Gasteiger partial charge in [-0.15, -0.1) is 0 Å². The maximum atomic E-state index is 5.08. The summed E-state index contributed by atoms with van der Waals surface area (Å²) in [6.45, 7) is 0. The first-order chi connectivity index (χ1) is 29.7. The third-order valence-electron chi connectivity index (χ3n) is 12.8. The molecule has 0 unspecified atom stereocenters. The average molecular weight is 765 g/mol. The number of aromatic nitrogens is 4. The van der Waals surface area contributed by atoms with E-state index < -0.39 is 0 Å². The largest absolute Gasteiger partial charge is 0.309 e. The first kappa shape index (κ1) is 33.2. The molecule has 0 radical (unpaired) electrons. The normalized spacial score (nSPS) is 12.5. The van der Waals surface area contributed by atoms with E-state index in [-0.39, 0.29) is 0 Å². The van der Waals surface area contributed by atoms with Gasteiger partial charge in [-0.05, 0) is 132 Å². The molecule has 0 amide bonds. The van der Waals surface area contributed by atoms with Gasteiger partial charge < -0.3 is 9.13 Å². The summed E-state index contributed by atoms with van der Waals surface area (Å²) in [5.41, 5.74) is 18.8. The Bertz CT molecular complexity index is 3460. The summed E-state index contributed by atoms with van der Waals surface area (Å²) in [5.74, 6) is 0. The molecule has 280 valence electrons. The lowest BCUT2D eigenvalue weighted by atomic mass is 9.84. The minimum absolute atomic E-state index is 0.983. The van der Waals surface area contributed by atoms with Crippen molar-refractivity contribution in [3.63, 3.8) is 0 Å². The Balaban J connectivity index is 1.03. The van der Waals surface area contributed by atoms with Gasteiger partial charge in [0.15, 0.2) is 0 Å². The summed E-state index contributed by atoms with van der Waals surface area (Å²) in [4.78, 5) is 10.2. The molecule has 13 rings (SSSR count). The third-order valence-corrected chi connectivity index (χ3v) is 12.8. The molecule has 0 saturated heterocycles. The Morgan fingerprint density at radius 3 is 1.22 bits per heavy atom. The van der Waals surface area contributed by atoms with Gasteiger partial charge in [-0.3, -0.25) is 0 Å². The molecule has 0 fully saturated rings. The molecule has 4 heterocycles. The van der Waals surface area contributed by atoms with Crippen molar-refractivity contribution in [3.05, 3.63) is 205 Å². The number of fused-ring (bicyclic) bond motifs is 11. The van der Waals surface area contributed by atoms with Crippen molar-refractivity contribution < 1.29 is 0 Å². The minimum atomic E-state index is 0.983. The molecule has 0 spiro atoms. The predicted molar refractivity (Wildman–Crippen MR) is 249 cm³/mol. The molecule has 12 aromatic rings. The lowest BCUT2D eigenvalue weighted by molar-refractivity contribution is 0.946. The highest BCUT2D eigenvalue weighted by Crippen LogP contribution is 2.45. The van der Waals surface area contributed by atoms with Crippen LogP contribution in [0.5, 0.6) is 0 Å². The van der Waals surface area contributed by atoms with Gasteiger partial charge in [-0.25, -0.2) is 9.97 Å². The lowest BCUT2D eigenvalue weighted by Gasteiger charge is -2.21. The monoisotopic (exact) mass is 764 g/mol. The van der Waals surface area contributed by atoms with Crippen molar-refractivity contribution in [1.82, 2.24) is 19.1 Å². The SMILES string of the molecule is c1ccc(-n2c3ccc(-c4ccc5ccccc5n4)cc3c3cc4c(cc32)-c2cc3c(cc2CC4)c2cc(-c4ccc5ccccc5n4)ccc2n3-c2ccccc2)cc1. The molecule has 4 heteroatoms. The third kappa shape index (κ3) is 5.04. The number of hydrogen-bond acceptors (Lipinski definition) is 2. The number of aryl methyl sites for hydroxylation is 2. The zero-order chi connectivity index (χ0) is 39.3. The Hall–Kier alpha value is -7.82. The van der Waals surface area contributed by atoms with E-state index in [1.807, 2.05) is 0 Å². The Kier molecular flexibility index (Phi) is 7.10. The Morgan fingerprint density at radius 2 is 0.750 bits per heavy atom. The number of benzene rings is 8. The van der Waals surface area contributed by atoms with Crippen molar-refractivity contribution in [2.75, 3.05) is 0 Å². The first-order valence-electron chi connectivity index (χ1n) is 20.8. The number of rotatable bonds is 4. The van der Waals surface area contributed by atoms with Crippen LogP contribution in [0.1, 0.15) is 11.1 Å². The van der Waals surface area contributed by atoms with Gasteiger partial charge in [-0.2, -0.15) is 0 Å². The summed E-state index contributed by atoms with van der Waals surface area (Å²) >= 11 is 0. The molecule has 0 aliphatic heterocycles. The van der Waals surface area contributed by atoms with E-state index in [1.54, 1.807) is 0 Å². The van der Waals surface area contributed by atoms with Crippen LogP contribution in [0.15, 0.2) is 194 Å². The molecule has 1 aliphatic rings. The fourth-order valence-electron chi connectivity index (χ4n) is 9.89.